The van der Waals surface area contributed by atoms with Crippen molar-refractivity contribution >= 4 is 11.8 Å². The number of carbonyl (C=O) groups is 1. The molecule has 1 amide bonds. The Morgan fingerprint density at radius 3 is 2.36 bits per heavy atom. The molecule has 1 aromatic carbocycles. The molecule has 1 saturated heterocycles. The number of nitrogens with zero attached hydrogens (tertiary/aromatic N) is 4. The number of ether oxygens (including phenoxy) is 2. The highest BCUT2D eigenvalue weighted by Crippen LogP contribution is 2.25. The van der Waals surface area contributed by atoms with Gasteiger partial charge in [0.25, 0.3) is 0 Å². The molecule has 8 nitrogen and oxygen atoms in total. The van der Waals surface area contributed by atoms with Gasteiger partial charge >= 0.3 is 6.09 Å². The number of allylic oxidation sites excluding steroid dienone is 2. The maximum atomic E-state index is 12.3. The molecule has 1 aliphatic heterocycles. The molecule has 1 aromatic rings. The highest BCUT2D eigenvalue weighted by atomic mass is 16.6. The van der Waals surface area contributed by atoms with Crippen molar-refractivity contribution in [1.82, 2.24) is 4.90 Å². The third kappa shape index (κ3) is 5.48. The molecule has 1 atom stereocenters. The zero-order valence-electron chi connectivity index (χ0n) is 16.0. The second kappa shape index (κ2) is 8.90. The monoisotopic (exact) mass is 379 g/mol. The highest BCUT2D eigenvalue weighted by Gasteiger charge is 2.28. The molecule has 0 saturated carbocycles. The molecule has 0 bridgehead atoms. The van der Waals surface area contributed by atoms with Crippen LogP contribution in [0.1, 0.15) is 32.4 Å². The molecular formula is C20H21N5O3. The van der Waals surface area contributed by atoms with E-state index >= 15 is 0 Å². The van der Waals surface area contributed by atoms with Gasteiger partial charge in [-0.05, 0) is 38.5 Å². The summed E-state index contributed by atoms with van der Waals surface area (Å²) in [6, 6.07) is 12.2. The Bertz CT molecular complexity index is 863. The van der Waals surface area contributed by atoms with E-state index in [1.165, 1.54) is 0 Å². The molecule has 1 aliphatic rings. The normalized spacial score (nSPS) is 16.1. The molecule has 0 aliphatic carbocycles. The van der Waals surface area contributed by atoms with Gasteiger partial charge in [0, 0.05) is 12.2 Å². The smallest absolute Gasteiger partial charge is 0.410 e. The third-order valence-corrected chi connectivity index (χ3v) is 3.86. The Kier molecular flexibility index (Phi) is 6.60. The van der Waals surface area contributed by atoms with Crippen LogP contribution >= 0.6 is 0 Å². The molecule has 8 heteroatoms. The van der Waals surface area contributed by atoms with E-state index in [9.17, 15) is 4.79 Å². The number of morpholine rings is 1. The first kappa shape index (κ1) is 20.8. The summed E-state index contributed by atoms with van der Waals surface area (Å²) < 4.78 is 11.2. The van der Waals surface area contributed by atoms with Crippen LogP contribution in [0.15, 0.2) is 35.5 Å². The van der Waals surface area contributed by atoms with Crippen molar-refractivity contribution in [2.75, 3.05) is 25.0 Å². The van der Waals surface area contributed by atoms with Crippen LogP contribution in [-0.4, -0.2) is 36.3 Å². The van der Waals surface area contributed by atoms with Crippen molar-refractivity contribution in [3.8, 4) is 18.2 Å². The van der Waals surface area contributed by atoms with Gasteiger partial charge in [-0.3, -0.25) is 0 Å². The molecule has 0 spiro atoms. The van der Waals surface area contributed by atoms with E-state index < -0.39 is 5.60 Å². The first-order valence-corrected chi connectivity index (χ1v) is 8.68. The van der Waals surface area contributed by atoms with E-state index in [-0.39, 0.29) is 23.5 Å². The third-order valence-electron chi connectivity index (χ3n) is 3.86. The fraction of sp³-hybridized carbons (Fsp3) is 0.400. The predicted octanol–water partition coefficient (Wildman–Crippen LogP) is 3.23. The molecule has 0 radical (unpaired) electrons. The van der Waals surface area contributed by atoms with Crippen molar-refractivity contribution in [3.63, 3.8) is 0 Å². The van der Waals surface area contributed by atoms with Crippen molar-refractivity contribution in [2.24, 2.45) is 0 Å². The number of carbonyl (C=O) groups excluding carboxylic acids is 1. The Morgan fingerprint density at radius 2 is 1.82 bits per heavy atom. The molecule has 1 heterocycles. The van der Waals surface area contributed by atoms with Crippen LogP contribution in [0.25, 0.3) is 0 Å². The van der Waals surface area contributed by atoms with E-state index in [1.807, 2.05) is 26.8 Å². The van der Waals surface area contributed by atoms with E-state index in [2.05, 4.69) is 5.32 Å². The fourth-order valence-electron chi connectivity index (χ4n) is 2.55. The van der Waals surface area contributed by atoms with Crippen LogP contribution in [-0.2, 0) is 9.47 Å². The lowest BCUT2D eigenvalue weighted by Crippen LogP contribution is -2.44. The molecule has 0 aromatic heterocycles. The lowest BCUT2D eigenvalue weighted by Gasteiger charge is -2.34. The molecule has 144 valence electrons. The van der Waals surface area contributed by atoms with Crippen LogP contribution in [0.3, 0.4) is 0 Å². The number of nitrogens with one attached hydrogen (secondary N) is 1. The lowest BCUT2D eigenvalue weighted by atomic mass is 10.1. The molecule has 1 fully saturated rings. The zero-order chi connectivity index (χ0) is 20.7. The summed E-state index contributed by atoms with van der Waals surface area (Å²) in [7, 11) is 0. The number of nitriles is 3. The molecular weight excluding hydrogens is 358 g/mol. The van der Waals surface area contributed by atoms with Crippen LogP contribution < -0.4 is 5.32 Å². The zero-order valence-corrected chi connectivity index (χ0v) is 16.0. The molecule has 1 N–H and O–H groups in total. The van der Waals surface area contributed by atoms with E-state index in [1.54, 1.807) is 41.3 Å². The van der Waals surface area contributed by atoms with Crippen molar-refractivity contribution in [3.05, 3.63) is 41.1 Å². The summed E-state index contributed by atoms with van der Waals surface area (Å²) in [6.07, 6.45) is -0.668. The second-order valence-electron chi connectivity index (χ2n) is 7.12. The summed E-state index contributed by atoms with van der Waals surface area (Å²) in [5.41, 5.74) is 0.471. The van der Waals surface area contributed by atoms with Gasteiger partial charge in [0.15, 0.2) is 5.57 Å². The topological polar surface area (TPSA) is 122 Å². The maximum Gasteiger partial charge on any atom is 0.410 e. The average Bonchev–Trinajstić information content (AvgIpc) is 2.67. The summed E-state index contributed by atoms with van der Waals surface area (Å²) in [5.74, 6) is 0. The van der Waals surface area contributed by atoms with Gasteiger partial charge < -0.3 is 19.7 Å². The summed E-state index contributed by atoms with van der Waals surface area (Å²) in [4.78, 5) is 13.9. The molecule has 2 rings (SSSR count). The second-order valence-corrected chi connectivity index (χ2v) is 7.12. The predicted molar refractivity (Wildman–Crippen MR) is 100 cm³/mol. The number of amides is 1. The number of rotatable bonds is 3. The summed E-state index contributed by atoms with van der Waals surface area (Å²) in [6.45, 7) is 6.71. The SMILES string of the molecule is CC(C)(C)OC(=O)N1CCOC(c2ccc(NC(C#N)=C(C#N)C#N)cc2)C1. The van der Waals surface area contributed by atoms with Crippen LogP contribution in [0.5, 0.6) is 0 Å². The standard InChI is InChI=1S/C20H21N5O3/c1-20(2,3)28-19(26)25-8-9-27-18(13-25)14-4-6-16(7-5-14)24-17(12-23)15(10-21)11-22/h4-7,18,24H,8-9,13H2,1-3H3. The van der Waals surface area contributed by atoms with E-state index in [0.29, 0.717) is 25.4 Å². The first-order valence-electron chi connectivity index (χ1n) is 8.68. The van der Waals surface area contributed by atoms with Gasteiger partial charge in [0.05, 0.1) is 13.2 Å². The molecule has 1 unspecified atom stereocenters. The number of hydrogen-bond acceptors (Lipinski definition) is 7. The van der Waals surface area contributed by atoms with Crippen LogP contribution in [0.4, 0.5) is 10.5 Å². The summed E-state index contributed by atoms with van der Waals surface area (Å²) in [5, 5.41) is 29.6. The minimum atomic E-state index is -0.560. The quantitative estimate of drug-likeness (QED) is 0.800. The minimum absolute atomic E-state index is 0.109. The maximum absolute atomic E-state index is 12.3. The highest BCUT2D eigenvalue weighted by molar-refractivity contribution is 5.68. The van der Waals surface area contributed by atoms with E-state index in [4.69, 9.17) is 25.3 Å². The Hall–Kier alpha value is -3.54. The Morgan fingerprint density at radius 1 is 1.18 bits per heavy atom. The van der Waals surface area contributed by atoms with Crippen molar-refractivity contribution in [1.29, 1.82) is 15.8 Å². The first-order chi connectivity index (χ1) is 13.3. The fourth-order valence-corrected chi connectivity index (χ4v) is 2.55. The Balaban J connectivity index is 2.08. The average molecular weight is 379 g/mol. The number of benzene rings is 1. The van der Waals surface area contributed by atoms with Crippen LogP contribution in [0, 0.1) is 34.0 Å². The number of anilines is 1. The molecule has 28 heavy (non-hydrogen) atoms. The van der Waals surface area contributed by atoms with Gasteiger partial charge in [-0.25, -0.2) is 4.79 Å². The Labute approximate surface area is 164 Å². The van der Waals surface area contributed by atoms with Crippen molar-refractivity contribution < 1.29 is 14.3 Å². The van der Waals surface area contributed by atoms with E-state index in [0.717, 1.165) is 5.56 Å². The number of hydrogen-bond donors (Lipinski definition) is 1. The lowest BCUT2D eigenvalue weighted by molar-refractivity contribution is -0.0432. The van der Waals surface area contributed by atoms with Gasteiger partial charge in [0.1, 0.15) is 35.6 Å². The largest absolute Gasteiger partial charge is 0.444 e. The van der Waals surface area contributed by atoms with Gasteiger partial charge in [-0.2, -0.15) is 15.8 Å². The summed E-state index contributed by atoms with van der Waals surface area (Å²) >= 11 is 0. The van der Waals surface area contributed by atoms with Gasteiger partial charge in [-0.1, -0.05) is 12.1 Å². The van der Waals surface area contributed by atoms with Gasteiger partial charge in [-0.15, -0.1) is 0 Å². The minimum Gasteiger partial charge on any atom is -0.444 e. The van der Waals surface area contributed by atoms with Gasteiger partial charge in [0.2, 0.25) is 0 Å². The van der Waals surface area contributed by atoms with Crippen molar-refractivity contribution in [2.45, 2.75) is 32.5 Å². The van der Waals surface area contributed by atoms with Crippen LogP contribution in [0.2, 0.25) is 0 Å².